The third-order valence-electron chi connectivity index (χ3n) is 6.56. The summed E-state index contributed by atoms with van der Waals surface area (Å²) in [5.41, 5.74) is 3.44. The van der Waals surface area contributed by atoms with E-state index in [0.717, 1.165) is 23.2 Å². The number of fused-ring (bicyclic) bond motifs is 3. The summed E-state index contributed by atoms with van der Waals surface area (Å²) >= 11 is 13.1. The Hall–Kier alpha value is -2.47. The van der Waals surface area contributed by atoms with Gasteiger partial charge in [0.25, 0.3) is 10.0 Å². The molecule has 1 N–H and O–H groups in total. The van der Waals surface area contributed by atoms with Crippen molar-refractivity contribution in [2.75, 3.05) is 16.2 Å². The van der Waals surface area contributed by atoms with Crippen molar-refractivity contribution in [3.05, 3.63) is 100 Å². The van der Waals surface area contributed by atoms with Crippen LogP contribution in [0.1, 0.15) is 36.4 Å². The fourth-order valence-electron chi connectivity index (χ4n) is 5.04. The minimum absolute atomic E-state index is 0.0578. The fraction of sp³-hybridized carbons (Fsp3) is 0.231. The highest BCUT2D eigenvalue weighted by Gasteiger charge is 2.40. The number of nitrogens with zero attached hydrogens (tertiary/aromatic N) is 1. The van der Waals surface area contributed by atoms with Crippen molar-refractivity contribution in [2.45, 2.75) is 30.2 Å². The van der Waals surface area contributed by atoms with Crippen molar-refractivity contribution in [3.8, 4) is 0 Å². The maximum atomic E-state index is 13.6. The molecule has 3 unspecified atom stereocenters. The van der Waals surface area contributed by atoms with E-state index in [2.05, 4.69) is 17.5 Å². The largest absolute Gasteiger partial charge is 0.378 e. The highest BCUT2D eigenvalue weighted by atomic mass is 35.5. The highest BCUT2D eigenvalue weighted by Crippen LogP contribution is 2.52. The number of sulfonamides is 1. The quantitative estimate of drug-likeness (QED) is 0.383. The smallest absolute Gasteiger partial charge is 0.264 e. The van der Waals surface area contributed by atoms with Gasteiger partial charge in [0.2, 0.25) is 0 Å². The van der Waals surface area contributed by atoms with Gasteiger partial charge in [-0.3, -0.25) is 4.31 Å². The Kier molecular flexibility index (Phi) is 5.89. The molecule has 0 bridgehead atoms. The normalized spacial score (nSPS) is 21.2. The van der Waals surface area contributed by atoms with Crippen LogP contribution in [-0.2, 0) is 10.0 Å². The standard InChI is InChI=1S/C26H24Cl2N2O2S/c1-2-30(17-8-4-3-5-9-17)33(31,32)18-14-15-24-21(16-18)19-10-6-11-20(19)26(29-24)25-22(27)12-7-13-23(25)28/h3-10,12-16,19-20,26,29H,2,11H2,1H3. The summed E-state index contributed by atoms with van der Waals surface area (Å²) in [7, 11) is -3.71. The first-order valence-corrected chi connectivity index (χ1v) is 13.2. The second-order valence-corrected chi connectivity index (χ2v) is 11.0. The van der Waals surface area contributed by atoms with E-state index in [1.54, 1.807) is 6.07 Å². The van der Waals surface area contributed by atoms with Crippen LogP contribution in [-0.4, -0.2) is 15.0 Å². The number of rotatable bonds is 5. The number of anilines is 2. The lowest BCUT2D eigenvalue weighted by Gasteiger charge is -2.38. The fourth-order valence-corrected chi connectivity index (χ4v) is 7.18. The van der Waals surface area contributed by atoms with Gasteiger partial charge >= 0.3 is 0 Å². The van der Waals surface area contributed by atoms with Crippen LogP contribution in [0.2, 0.25) is 10.0 Å². The SMILES string of the molecule is CCN(c1ccccc1)S(=O)(=O)c1ccc2c(c1)C1C=CCC1C(c1c(Cl)cccc1Cl)N2. The Balaban J connectivity index is 1.56. The van der Waals surface area contributed by atoms with Crippen LogP contribution in [0.25, 0.3) is 0 Å². The van der Waals surface area contributed by atoms with Gasteiger partial charge in [0.05, 0.1) is 16.6 Å². The first-order valence-electron chi connectivity index (χ1n) is 11.0. The second-order valence-electron chi connectivity index (χ2n) is 8.37. The minimum Gasteiger partial charge on any atom is -0.378 e. The summed E-state index contributed by atoms with van der Waals surface area (Å²) in [6, 6.07) is 20.1. The lowest BCUT2D eigenvalue weighted by atomic mass is 9.77. The van der Waals surface area contributed by atoms with E-state index >= 15 is 0 Å². The molecule has 0 saturated heterocycles. The number of hydrogen-bond acceptors (Lipinski definition) is 3. The van der Waals surface area contributed by atoms with Gasteiger partial charge in [-0.05, 0) is 67.3 Å². The lowest BCUT2D eigenvalue weighted by molar-refractivity contribution is 0.425. The van der Waals surface area contributed by atoms with Crippen LogP contribution in [0, 0.1) is 5.92 Å². The van der Waals surface area contributed by atoms with E-state index in [-0.39, 0.29) is 17.9 Å². The molecule has 0 spiro atoms. The summed E-state index contributed by atoms with van der Waals surface area (Å²) in [5, 5.41) is 4.87. The minimum atomic E-state index is -3.71. The Labute approximate surface area is 204 Å². The highest BCUT2D eigenvalue weighted by molar-refractivity contribution is 7.92. The molecule has 3 aromatic carbocycles. The van der Waals surface area contributed by atoms with Gasteiger partial charge in [0.1, 0.15) is 0 Å². The van der Waals surface area contributed by atoms with Gasteiger partial charge in [-0.25, -0.2) is 8.42 Å². The van der Waals surface area contributed by atoms with Crippen LogP contribution in [0.3, 0.4) is 0 Å². The van der Waals surface area contributed by atoms with Crippen molar-refractivity contribution in [3.63, 3.8) is 0 Å². The molecule has 0 aromatic heterocycles. The first kappa shape index (κ1) is 22.3. The Morgan fingerprint density at radius 3 is 2.42 bits per heavy atom. The van der Waals surface area contributed by atoms with E-state index in [1.807, 2.05) is 67.6 Å². The van der Waals surface area contributed by atoms with Crippen molar-refractivity contribution in [1.29, 1.82) is 0 Å². The van der Waals surface area contributed by atoms with Gasteiger partial charge < -0.3 is 5.32 Å². The number of allylic oxidation sites excluding steroid dienone is 2. The molecule has 3 aromatic rings. The van der Waals surface area contributed by atoms with E-state index in [9.17, 15) is 8.42 Å². The zero-order valence-electron chi connectivity index (χ0n) is 18.1. The molecule has 7 heteroatoms. The summed E-state index contributed by atoms with van der Waals surface area (Å²) < 4.78 is 28.6. The number of benzene rings is 3. The average Bonchev–Trinajstić information content (AvgIpc) is 3.30. The molecule has 0 radical (unpaired) electrons. The third-order valence-corrected chi connectivity index (χ3v) is 9.12. The predicted octanol–water partition coefficient (Wildman–Crippen LogP) is 7.04. The summed E-state index contributed by atoms with van der Waals surface area (Å²) in [6.45, 7) is 2.19. The molecule has 0 saturated carbocycles. The molecule has 1 aliphatic heterocycles. The van der Waals surface area contributed by atoms with E-state index in [0.29, 0.717) is 27.2 Å². The second kappa shape index (κ2) is 8.71. The molecule has 170 valence electrons. The van der Waals surface area contributed by atoms with Gasteiger partial charge in [-0.2, -0.15) is 0 Å². The number of halogens is 2. The first-order chi connectivity index (χ1) is 15.9. The summed E-state index contributed by atoms with van der Waals surface area (Å²) in [6.07, 6.45) is 5.20. The molecule has 0 fully saturated rings. The maximum Gasteiger partial charge on any atom is 0.264 e. The molecule has 5 rings (SSSR count). The van der Waals surface area contributed by atoms with E-state index in [1.165, 1.54) is 4.31 Å². The van der Waals surface area contributed by atoms with Gasteiger partial charge in [-0.15, -0.1) is 0 Å². The Bertz CT molecular complexity index is 1310. The molecule has 2 aliphatic rings. The molecule has 1 aliphatic carbocycles. The Morgan fingerprint density at radius 1 is 1.00 bits per heavy atom. The van der Waals surface area contributed by atoms with Gasteiger partial charge in [0, 0.05) is 33.8 Å². The van der Waals surface area contributed by atoms with E-state index < -0.39 is 10.0 Å². The van der Waals surface area contributed by atoms with Crippen molar-refractivity contribution < 1.29 is 8.42 Å². The van der Waals surface area contributed by atoms with Crippen LogP contribution in [0.4, 0.5) is 11.4 Å². The van der Waals surface area contributed by atoms with Crippen molar-refractivity contribution in [1.82, 2.24) is 0 Å². The average molecular weight is 499 g/mol. The third kappa shape index (κ3) is 3.82. The van der Waals surface area contributed by atoms with Crippen molar-refractivity contribution in [2.24, 2.45) is 5.92 Å². The molecular formula is C26H24Cl2N2O2S. The van der Waals surface area contributed by atoms with Gasteiger partial charge in [-0.1, -0.05) is 59.6 Å². The molecule has 3 atom stereocenters. The Morgan fingerprint density at radius 2 is 1.73 bits per heavy atom. The van der Waals surface area contributed by atoms with E-state index in [4.69, 9.17) is 23.2 Å². The zero-order chi connectivity index (χ0) is 23.2. The van der Waals surface area contributed by atoms with Crippen LogP contribution in [0.5, 0.6) is 0 Å². The van der Waals surface area contributed by atoms with Crippen molar-refractivity contribution >= 4 is 44.6 Å². The molecule has 4 nitrogen and oxygen atoms in total. The number of hydrogen-bond donors (Lipinski definition) is 1. The van der Waals surface area contributed by atoms with Crippen LogP contribution in [0.15, 0.2) is 83.8 Å². The monoisotopic (exact) mass is 498 g/mol. The number of para-hydroxylation sites is 1. The van der Waals surface area contributed by atoms with Gasteiger partial charge in [0.15, 0.2) is 0 Å². The predicted molar refractivity (Wildman–Crippen MR) is 136 cm³/mol. The molecule has 1 heterocycles. The summed E-state index contributed by atoms with van der Waals surface area (Å²) in [4.78, 5) is 0.294. The number of nitrogens with one attached hydrogen (secondary N) is 1. The van der Waals surface area contributed by atoms with Crippen LogP contribution >= 0.6 is 23.2 Å². The topological polar surface area (TPSA) is 49.4 Å². The maximum absolute atomic E-state index is 13.6. The molecule has 33 heavy (non-hydrogen) atoms. The molecule has 0 amide bonds. The zero-order valence-corrected chi connectivity index (χ0v) is 20.4. The lowest BCUT2D eigenvalue weighted by Crippen LogP contribution is -2.32. The van der Waals surface area contributed by atoms with Crippen LogP contribution < -0.4 is 9.62 Å². The summed E-state index contributed by atoms with van der Waals surface area (Å²) in [5.74, 6) is 0.282. The molecular weight excluding hydrogens is 475 g/mol.